The number of benzene rings is 2. The number of carbonyl (C=O) groups is 1. The van der Waals surface area contributed by atoms with Crippen molar-refractivity contribution in [3.05, 3.63) is 59.9 Å². The molecule has 3 aromatic rings. The first-order valence-corrected chi connectivity index (χ1v) is 9.28. The van der Waals surface area contributed by atoms with Crippen molar-refractivity contribution in [1.82, 2.24) is 9.97 Å². The summed E-state index contributed by atoms with van der Waals surface area (Å²) in [7, 11) is 0. The second-order valence-electron chi connectivity index (χ2n) is 7.02. The van der Waals surface area contributed by atoms with Crippen molar-refractivity contribution >= 4 is 5.97 Å². The fourth-order valence-electron chi connectivity index (χ4n) is 2.67. The van der Waals surface area contributed by atoms with Crippen LogP contribution in [0, 0.1) is 17.5 Å². The van der Waals surface area contributed by atoms with Gasteiger partial charge in [0, 0.05) is 23.3 Å². The predicted molar refractivity (Wildman–Crippen MR) is 104 cm³/mol. The van der Waals surface area contributed by atoms with Crippen LogP contribution in [-0.2, 0) is 4.79 Å². The summed E-state index contributed by atoms with van der Waals surface area (Å²) in [6.07, 6.45) is 0. The van der Waals surface area contributed by atoms with Crippen LogP contribution >= 0.6 is 0 Å². The van der Waals surface area contributed by atoms with E-state index in [0.29, 0.717) is 5.56 Å². The maximum absolute atomic E-state index is 13.8. The topological polar surface area (TPSA) is 84.4 Å². The zero-order valence-electron chi connectivity index (χ0n) is 17.9. The molecule has 0 aliphatic carbocycles. The third-order valence-electron chi connectivity index (χ3n) is 4.25. The molecule has 0 saturated carbocycles. The van der Waals surface area contributed by atoms with Crippen molar-refractivity contribution in [3.63, 3.8) is 0 Å². The Morgan fingerprint density at radius 1 is 1.03 bits per heavy atom. The van der Waals surface area contributed by atoms with E-state index in [-0.39, 0.29) is 64.9 Å². The van der Waals surface area contributed by atoms with Gasteiger partial charge in [0.1, 0.15) is 17.2 Å². The molecule has 3 rings (SSSR count). The molecule has 1 aromatic heterocycles. The average molecular weight is 454 g/mol. The summed E-state index contributed by atoms with van der Waals surface area (Å²) in [6, 6.07) is 8.20. The quantitative estimate of drug-likeness (QED) is 0.485. The summed E-state index contributed by atoms with van der Waals surface area (Å²) in [6.45, 7) is 4.51. The van der Waals surface area contributed by atoms with Gasteiger partial charge >= 0.3 is 29.6 Å². The van der Waals surface area contributed by atoms with Crippen molar-refractivity contribution in [1.29, 1.82) is 0 Å². The number of carboxylic acids is 1. The van der Waals surface area contributed by atoms with E-state index >= 15 is 0 Å². The van der Waals surface area contributed by atoms with Crippen LogP contribution in [0.4, 0.5) is 13.2 Å². The summed E-state index contributed by atoms with van der Waals surface area (Å²) in [4.78, 5) is 19.8. The first-order valence-electron chi connectivity index (χ1n) is 9.28. The Morgan fingerprint density at radius 2 is 1.75 bits per heavy atom. The number of carboxylic acid groups (broad SMARTS) is 1. The van der Waals surface area contributed by atoms with Gasteiger partial charge in [0.15, 0.2) is 17.5 Å². The maximum Gasteiger partial charge on any atom is 1.00 e. The number of aliphatic carboxylic acids is 1. The van der Waals surface area contributed by atoms with Crippen LogP contribution in [-0.4, -0.2) is 28.1 Å². The van der Waals surface area contributed by atoms with Crippen molar-refractivity contribution in [2.75, 3.05) is 6.61 Å². The minimum absolute atomic E-state index is 0. The van der Waals surface area contributed by atoms with Gasteiger partial charge in [-0.2, -0.15) is 4.98 Å². The summed E-state index contributed by atoms with van der Waals surface area (Å²) in [5, 5.41) is 11.4. The first kappa shape index (κ1) is 25.6. The van der Waals surface area contributed by atoms with Crippen LogP contribution in [0.1, 0.15) is 20.8 Å². The Bertz CT molecular complexity index is 1140. The van der Waals surface area contributed by atoms with Crippen LogP contribution in [0.15, 0.2) is 42.5 Å². The summed E-state index contributed by atoms with van der Waals surface area (Å²) in [5.74, 6) is -4.22. The SMILES string of the molecule is CCOc1cc(F)ccc1-c1cc(OC(C)(C)C(=O)[O-])nc(-c2ccc(F)c(F)c2)n1.[Na+]. The number of hydrogen-bond donors (Lipinski definition) is 0. The number of rotatable bonds is 7. The molecule has 6 nitrogen and oxygen atoms in total. The summed E-state index contributed by atoms with van der Waals surface area (Å²) >= 11 is 0. The minimum atomic E-state index is -1.75. The Balaban J connectivity index is 0.00000363. The monoisotopic (exact) mass is 454 g/mol. The number of nitrogens with zero attached hydrogens (tertiary/aromatic N) is 2. The molecule has 0 bridgehead atoms. The van der Waals surface area contributed by atoms with Gasteiger partial charge in [-0.15, -0.1) is 0 Å². The molecule has 32 heavy (non-hydrogen) atoms. The second-order valence-corrected chi connectivity index (χ2v) is 7.02. The zero-order chi connectivity index (χ0) is 22.8. The van der Waals surface area contributed by atoms with Gasteiger partial charge in [-0.1, -0.05) is 0 Å². The first-order chi connectivity index (χ1) is 14.6. The second kappa shape index (κ2) is 10.3. The molecule has 10 heteroatoms. The molecule has 162 valence electrons. The van der Waals surface area contributed by atoms with Gasteiger partial charge in [0.25, 0.3) is 0 Å². The minimum Gasteiger partial charge on any atom is -0.546 e. The molecular weight excluding hydrogens is 436 g/mol. The molecular formula is C22H18F3N2NaO4. The van der Waals surface area contributed by atoms with E-state index in [9.17, 15) is 23.1 Å². The van der Waals surface area contributed by atoms with Crippen LogP contribution in [0.25, 0.3) is 22.6 Å². The molecule has 0 spiro atoms. The number of halogens is 3. The number of aromatic nitrogens is 2. The number of ether oxygens (including phenoxy) is 2. The zero-order valence-corrected chi connectivity index (χ0v) is 19.9. The Hall–Kier alpha value is -2.62. The third kappa shape index (κ3) is 5.79. The molecule has 0 radical (unpaired) electrons. The number of hydrogen-bond acceptors (Lipinski definition) is 6. The van der Waals surface area contributed by atoms with Crippen molar-refractivity contribution in [3.8, 4) is 34.3 Å². The molecule has 0 atom stereocenters. The Morgan fingerprint density at radius 3 is 2.38 bits per heavy atom. The van der Waals surface area contributed by atoms with Gasteiger partial charge in [-0.05, 0) is 51.1 Å². The normalized spacial score (nSPS) is 10.9. The van der Waals surface area contributed by atoms with Crippen LogP contribution in [0.3, 0.4) is 0 Å². The van der Waals surface area contributed by atoms with Gasteiger partial charge < -0.3 is 19.4 Å². The van der Waals surface area contributed by atoms with E-state index < -0.39 is 29.0 Å². The van der Waals surface area contributed by atoms with E-state index in [1.807, 2.05) is 0 Å². The summed E-state index contributed by atoms with van der Waals surface area (Å²) < 4.78 is 51.8. The Labute approximate surface area is 204 Å². The molecule has 2 aromatic carbocycles. The third-order valence-corrected chi connectivity index (χ3v) is 4.25. The largest absolute Gasteiger partial charge is 1.00 e. The van der Waals surface area contributed by atoms with Crippen molar-refractivity contribution < 1.29 is 62.1 Å². The molecule has 0 aliphatic rings. The molecule has 0 unspecified atom stereocenters. The molecule has 1 heterocycles. The molecule has 0 saturated heterocycles. The van der Waals surface area contributed by atoms with E-state index in [0.717, 1.165) is 12.1 Å². The van der Waals surface area contributed by atoms with Gasteiger partial charge in [-0.3, -0.25) is 0 Å². The van der Waals surface area contributed by atoms with Crippen LogP contribution in [0.2, 0.25) is 0 Å². The van der Waals surface area contributed by atoms with E-state index in [1.165, 1.54) is 44.2 Å². The molecule has 0 N–H and O–H groups in total. The molecule has 0 fully saturated rings. The van der Waals surface area contributed by atoms with Crippen LogP contribution in [0.5, 0.6) is 11.6 Å². The summed E-state index contributed by atoms with van der Waals surface area (Å²) in [5.41, 5.74) is -1.06. The predicted octanol–water partition coefficient (Wildman–Crippen LogP) is 0.538. The van der Waals surface area contributed by atoms with Crippen molar-refractivity contribution in [2.24, 2.45) is 0 Å². The average Bonchev–Trinajstić information content (AvgIpc) is 2.69. The van der Waals surface area contributed by atoms with E-state index in [2.05, 4.69) is 9.97 Å². The maximum atomic E-state index is 13.8. The van der Waals surface area contributed by atoms with Crippen molar-refractivity contribution in [2.45, 2.75) is 26.4 Å². The van der Waals surface area contributed by atoms with E-state index in [4.69, 9.17) is 9.47 Å². The van der Waals surface area contributed by atoms with Gasteiger partial charge in [0.2, 0.25) is 5.88 Å². The Kier molecular flexibility index (Phi) is 8.28. The molecule has 0 aliphatic heterocycles. The fraction of sp³-hybridized carbons (Fsp3) is 0.227. The fourth-order valence-corrected chi connectivity index (χ4v) is 2.67. The van der Waals surface area contributed by atoms with Gasteiger partial charge in [0.05, 0.1) is 18.3 Å². The van der Waals surface area contributed by atoms with Crippen LogP contribution < -0.4 is 44.1 Å². The smallest absolute Gasteiger partial charge is 0.546 e. The van der Waals surface area contributed by atoms with E-state index in [1.54, 1.807) is 6.92 Å². The number of carbonyl (C=O) groups excluding carboxylic acids is 1. The molecule has 0 amide bonds. The van der Waals surface area contributed by atoms with Gasteiger partial charge in [-0.25, -0.2) is 18.2 Å². The standard InChI is InChI=1S/C22H19F3N2O4.Na/c1-4-30-18-10-13(23)6-7-14(18)17-11-19(31-22(2,3)21(28)29)27-20(26-17)12-5-8-15(24)16(25)9-12;/h5-11H,4H2,1-3H3,(H,28,29);/q;+1/p-1.